The third kappa shape index (κ3) is 3.65. The number of hydrogen-bond donors (Lipinski definition) is 0. The zero-order valence-corrected chi connectivity index (χ0v) is 15.4. The Morgan fingerprint density at radius 1 is 1.19 bits per heavy atom. The minimum Gasteiger partial charge on any atom is -0.489 e. The number of benzene rings is 1. The van der Waals surface area contributed by atoms with Crippen molar-refractivity contribution in [2.75, 3.05) is 6.61 Å². The topological polar surface area (TPSA) is 18.5 Å². The molecular formula is C17H22Br2O2. The normalized spacial score (nSPS) is 24.4. The van der Waals surface area contributed by atoms with Crippen molar-refractivity contribution < 1.29 is 9.47 Å². The first kappa shape index (κ1) is 15.8. The molecule has 1 heterocycles. The van der Waals surface area contributed by atoms with Gasteiger partial charge in [0, 0.05) is 10.9 Å². The van der Waals surface area contributed by atoms with Crippen LogP contribution in [0.1, 0.15) is 50.5 Å². The Balaban J connectivity index is 1.59. The van der Waals surface area contributed by atoms with E-state index in [0.29, 0.717) is 6.61 Å². The van der Waals surface area contributed by atoms with Gasteiger partial charge in [-0.25, -0.2) is 0 Å². The van der Waals surface area contributed by atoms with Crippen LogP contribution in [0.15, 0.2) is 22.7 Å². The summed E-state index contributed by atoms with van der Waals surface area (Å²) < 4.78 is 13.5. The quantitative estimate of drug-likeness (QED) is 0.593. The molecule has 21 heavy (non-hydrogen) atoms. The summed E-state index contributed by atoms with van der Waals surface area (Å²) in [6, 6.07) is 6.16. The predicted octanol–water partition coefficient (Wildman–Crippen LogP) is 5.60. The van der Waals surface area contributed by atoms with Crippen molar-refractivity contribution in [1.29, 1.82) is 0 Å². The van der Waals surface area contributed by atoms with E-state index in [2.05, 4.69) is 37.9 Å². The molecule has 2 aliphatic rings. The molecule has 1 aliphatic carbocycles. The van der Waals surface area contributed by atoms with Gasteiger partial charge < -0.3 is 9.47 Å². The van der Waals surface area contributed by atoms with Crippen LogP contribution in [0.2, 0.25) is 0 Å². The molecule has 1 aliphatic heterocycles. The molecule has 1 aromatic rings. The maximum Gasteiger partial charge on any atom is 0.137 e. The zero-order valence-electron chi connectivity index (χ0n) is 12.2. The van der Waals surface area contributed by atoms with Gasteiger partial charge in [0.25, 0.3) is 0 Å². The number of rotatable bonds is 4. The van der Waals surface area contributed by atoms with E-state index in [1.807, 2.05) is 12.1 Å². The van der Waals surface area contributed by atoms with Crippen LogP contribution in [0.4, 0.5) is 0 Å². The number of ether oxygens (including phenoxy) is 2. The van der Waals surface area contributed by atoms with E-state index in [1.54, 1.807) is 0 Å². The SMILES string of the molecule is BrCc1cccc(Br)c1OCC1CCC2(CCCCC2)O1. The zero-order chi connectivity index (χ0) is 14.7. The Kier molecular flexibility index (Phi) is 5.28. The van der Waals surface area contributed by atoms with Crippen LogP contribution in [0.5, 0.6) is 5.75 Å². The molecule has 3 rings (SSSR count). The summed E-state index contributed by atoms with van der Waals surface area (Å²) in [5.41, 5.74) is 1.35. The van der Waals surface area contributed by atoms with E-state index in [4.69, 9.17) is 9.47 Å². The van der Waals surface area contributed by atoms with Crippen LogP contribution < -0.4 is 4.74 Å². The molecule has 1 spiro atoms. The van der Waals surface area contributed by atoms with Gasteiger partial charge in [-0.3, -0.25) is 0 Å². The maximum atomic E-state index is 6.37. The van der Waals surface area contributed by atoms with Gasteiger partial charge in [-0.2, -0.15) is 0 Å². The fourth-order valence-corrected chi connectivity index (χ4v) is 4.54. The third-order valence-electron chi connectivity index (χ3n) is 4.71. The highest BCUT2D eigenvalue weighted by atomic mass is 79.9. The van der Waals surface area contributed by atoms with Crippen molar-refractivity contribution in [3.63, 3.8) is 0 Å². The number of alkyl halides is 1. The van der Waals surface area contributed by atoms with Crippen molar-refractivity contribution in [2.45, 2.75) is 62.0 Å². The minimum atomic E-state index is 0.179. The van der Waals surface area contributed by atoms with Crippen LogP contribution in [-0.4, -0.2) is 18.3 Å². The van der Waals surface area contributed by atoms with E-state index < -0.39 is 0 Å². The fraction of sp³-hybridized carbons (Fsp3) is 0.647. The molecule has 0 aromatic heterocycles. The summed E-state index contributed by atoms with van der Waals surface area (Å²) in [5.74, 6) is 0.947. The molecule has 4 heteroatoms. The number of para-hydroxylation sites is 1. The van der Waals surface area contributed by atoms with Crippen LogP contribution in [-0.2, 0) is 10.1 Å². The maximum absolute atomic E-state index is 6.37. The lowest BCUT2D eigenvalue weighted by Crippen LogP contribution is -2.33. The molecular weight excluding hydrogens is 396 g/mol. The van der Waals surface area contributed by atoms with Gasteiger partial charge in [0.2, 0.25) is 0 Å². The van der Waals surface area contributed by atoms with E-state index in [0.717, 1.165) is 22.0 Å². The lowest BCUT2D eigenvalue weighted by Gasteiger charge is -2.33. The molecule has 0 radical (unpaired) electrons. The molecule has 1 saturated heterocycles. The highest BCUT2D eigenvalue weighted by Crippen LogP contribution is 2.42. The molecule has 2 fully saturated rings. The molecule has 1 atom stereocenters. The monoisotopic (exact) mass is 416 g/mol. The summed E-state index contributed by atoms with van der Waals surface area (Å²) in [6.07, 6.45) is 9.10. The molecule has 1 saturated carbocycles. The van der Waals surface area contributed by atoms with E-state index in [1.165, 1.54) is 44.1 Å². The van der Waals surface area contributed by atoms with E-state index in [-0.39, 0.29) is 11.7 Å². The highest BCUT2D eigenvalue weighted by Gasteiger charge is 2.40. The molecule has 2 nitrogen and oxygen atoms in total. The molecule has 0 N–H and O–H groups in total. The standard InChI is InChI=1S/C17H22Br2O2/c18-11-13-5-4-6-15(19)16(13)20-12-14-7-10-17(21-14)8-2-1-3-9-17/h4-6,14H,1-3,7-12H2. The lowest BCUT2D eigenvalue weighted by molar-refractivity contribution is -0.0749. The van der Waals surface area contributed by atoms with Gasteiger partial charge >= 0.3 is 0 Å². The largest absolute Gasteiger partial charge is 0.489 e. The Hall–Kier alpha value is -0.0600. The molecule has 1 unspecified atom stereocenters. The Bertz CT molecular complexity index is 484. The first-order valence-corrected chi connectivity index (χ1v) is 9.78. The van der Waals surface area contributed by atoms with Crippen LogP contribution in [0.3, 0.4) is 0 Å². The van der Waals surface area contributed by atoms with Crippen molar-refractivity contribution in [2.24, 2.45) is 0 Å². The second-order valence-electron chi connectivity index (χ2n) is 6.19. The Labute approximate surface area is 143 Å². The molecule has 1 aromatic carbocycles. The summed E-state index contributed by atoms with van der Waals surface area (Å²) in [6.45, 7) is 0.657. The third-order valence-corrected chi connectivity index (χ3v) is 5.94. The summed E-state index contributed by atoms with van der Waals surface area (Å²) in [7, 11) is 0. The smallest absolute Gasteiger partial charge is 0.137 e. The predicted molar refractivity (Wildman–Crippen MR) is 92.2 cm³/mol. The van der Waals surface area contributed by atoms with Crippen molar-refractivity contribution in [3.8, 4) is 5.75 Å². The highest BCUT2D eigenvalue weighted by molar-refractivity contribution is 9.10. The summed E-state index contributed by atoms with van der Waals surface area (Å²) in [4.78, 5) is 0. The van der Waals surface area contributed by atoms with Crippen molar-refractivity contribution in [3.05, 3.63) is 28.2 Å². The average Bonchev–Trinajstić information content (AvgIpc) is 2.89. The second-order valence-corrected chi connectivity index (χ2v) is 7.61. The molecule has 116 valence electrons. The van der Waals surface area contributed by atoms with Gasteiger partial charge in [-0.1, -0.05) is 47.3 Å². The second kappa shape index (κ2) is 7.01. The van der Waals surface area contributed by atoms with Crippen LogP contribution in [0.25, 0.3) is 0 Å². The first-order chi connectivity index (χ1) is 10.2. The van der Waals surface area contributed by atoms with Crippen LogP contribution in [0, 0.1) is 0 Å². The van der Waals surface area contributed by atoms with Crippen molar-refractivity contribution >= 4 is 31.9 Å². The average molecular weight is 418 g/mol. The summed E-state index contributed by atoms with van der Waals surface area (Å²) >= 11 is 7.10. The number of halogens is 2. The summed E-state index contributed by atoms with van der Waals surface area (Å²) in [5, 5.41) is 0.803. The van der Waals surface area contributed by atoms with E-state index >= 15 is 0 Å². The van der Waals surface area contributed by atoms with Crippen molar-refractivity contribution in [1.82, 2.24) is 0 Å². The van der Waals surface area contributed by atoms with Gasteiger partial charge in [-0.05, 0) is 47.7 Å². The van der Waals surface area contributed by atoms with Gasteiger partial charge in [0.05, 0.1) is 16.2 Å². The lowest BCUT2D eigenvalue weighted by atomic mass is 9.83. The minimum absolute atomic E-state index is 0.179. The Morgan fingerprint density at radius 2 is 2.00 bits per heavy atom. The number of hydrogen-bond acceptors (Lipinski definition) is 2. The Morgan fingerprint density at radius 3 is 2.76 bits per heavy atom. The molecule has 0 amide bonds. The van der Waals surface area contributed by atoms with Gasteiger partial charge in [-0.15, -0.1) is 0 Å². The molecule has 0 bridgehead atoms. The van der Waals surface area contributed by atoms with Gasteiger partial charge in [0.1, 0.15) is 12.4 Å². The van der Waals surface area contributed by atoms with E-state index in [9.17, 15) is 0 Å². The van der Waals surface area contributed by atoms with Gasteiger partial charge in [0.15, 0.2) is 0 Å². The fourth-order valence-electron chi connectivity index (χ4n) is 3.57. The van der Waals surface area contributed by atoms with Crippen LogP contribution >= 0.6 is 31.9 Å². The first-order valence-electron chi connectivity index (χ1n) is 7.86.